The fraction of sp³-hybridized carbons (Fsp3) is 0.800. The predicted molar refractivity (Wildman–Crippen MR) is 55.5 cm³/mol. The van der Waals surface area contributed by atoms with E-state index in [1.54, 1.807) is 0 Å². The van der Waals surface area contributed by atoms with Gasteiger partial charge >= 0.3 is 0 Å². The Balaban J connectivity index is 3.05. The molecule has 0 bridgehead atoms. The number of nitrogens with one attached hydrogen (secondary N) is 1. The van der Waals surface area contributed by atoms with Crippen molar-refractivity contribution in [3.63, 3.8) is 0 Å². The molecule has 0 aromatic carbocycles. The van der Waals surface area contributed by atoms with Crippen molar-refractivity contribution < 1.29 is 0 Å². The van der Waals surface area contributed by atoms with Gasteiger partial charge in [-0.25, -0.2) is 0 Å². The van der Waals surface area contributed by atoms with Gasteiger partial charge in [-0.2, -0.15) is 0 Å². The number of hydrogen-bond donors (Lipinski definition) is 1. The molecule has 0 heterocycles. The normalized spacial score (nSPS) is 10.7. The van der Waals surface area contributed by atoms with Gasteiger partial charge in [-0.1, -0.05) is 19.1 Å². The minimum Gasteiger partial charge on any atom is -0.313 e. The largest absolute Gasteiger partial charge is 0.313 e. The molecule has 0 saturated carbocycles. The van der Waals surface area contributed by atoms with Gasteiger partial charge in [0.1, 0.15) is 0 Å². The Bertz CT molecular complexity index is 119. The van der Waals surface area contributed by atoms with Gasteiger partial charge in [0, 0.05) is 6.54 Å². The van der Waals surface area contributed by atoms with E-state index in [2.05, 4.69) is 37.8 Å². The third kappa shape index (κ3) is 7.76. The highest BCUT2D eigenvalue weighted by Gasteiger charge is 1.91. The van der Waals surface area contributed by atoms with Crippen LogP contribution in [0.4, 0.5) is 0 Å². The van der Waals surface area contributed by atoms with E-state index in [-0.39, 0.29) is 0 Å². The second-order valence-electron chi connectivity index (χ2n) is 3.44. The summed E-state index contributed by atoms with van der Waals surface area (Å²) in [5, 5.41) is 3.37. The Labute approximate surface area is 76.6 Å². The minimum absolute atomic E-state index is 0.976. The van der Waals surface area contributed by atoms with Gasteiger partial charge in [0.15, 0.2) is 0 Å². The lowest BCUT2D eigenvalue weighted by Crippen LogP contribution is -2.22. The maximum atomic E-state index is 3.93. The van der Waals surface area contributed by atoms with Gasteiger partial charge in [-0.15, -0.1) is 0 Å². The van der Waals surface area contributed by atoms with E-state index in [0.717, 1.165) is 26.1 Å². The number of rotatable bonds is 7. The van der Waals surface area contributed by atoms with Crippen LogP contribution >= 0.6 is 0 Å². The zero-order valence-corrected chi connectivity index (χ0v) is 8.69. The quantitative estimate of drug-likeness (QED) is 0.460. The maximum absolute atomic E-state index is 3.93. The third-order valence-electron chi connectivity index (χ3n) is 1.83. The summed E-state index contributed by atoms with van der Waals surface area (Å²) in [4.78, 5) is 2.20. The van der Waals surface area contributed by atoms with Gasteiger partial charge in [-0.05, 0) is 40.0 Å². The van der Waals surface area contributed by atoms with Crippen LogP contribution in [0.15, 0.2) is 12.2 Å². The molecule has 0 rings (SSSR count). The predicted octanol–water partition coefficient (Wildman–Crippen LogP) is 1.49. The van der Waals surface area contributed by atoms with Crippen molar-refractivity contribution in [3.05, 3.63) is 12.2 Å². The zero-order chi connectivity index (χ0) is 9.40. The van der Waals surface area contributed by atoms with Crippen LogP contribution in [-0.4, -0.2) is 38.6 Å². The highest BCUT2D eigenvalue weighted by atomic mass is 15.0. The summed E-state index contributed by atoms with van der Waals surface area (Å²) >= 11 is 0. The lowest BCUT2D eigenvalue weighted by atomic mass is 10.2. The lowest BCUT2D eigenvalue weighted by Gasteiger charge is -2.09. The van der Waals surface area contributed by atoms with Crippen LogP contribution in [0, 0.1) is 0 Å². The fourth-order valence-electron chi connectivity index (χ4n) is 0.910. The smallest absolute Gasteiger partial charge is 0.0161 e. The third-order valence-corrected chi connectivity index (χ3v) is 1.83. The van der Waals surface area contributed by atoms with Crippen LogP contribution in [-0.2, 0) is 0 Å². The second-order valence-corrected chi connectivity index (χ2v) is 3.44. The summed E-state index contributed by atoms with van der Waals surface area (Å²) in [7, 11) is 4.20. The lowest BCUT2D eigenvalue weighted by molar-refractivity contribution is 0.396. The Morgan fingerprint density at radius 1 is 1.42 bits per heavy atom. The summed E-state index contributed by atoms with van der Waals surface area (Å²) in [6.45, 7) is 9.30. The molecule has 0 aliphatic heterocycles. The Kier molecular flexibility index (Phi) is 7.11. The van der Waals surface area contributed by atoms with Gasteiger partial charge in [0.2, 0.25) is 0 Å². The second kappa shape index (κ2) is 7.32. The maximum Gasteiger partial charge on any atom is 0.0161 e. The molecule has 0 aromatic rings. The van der Waals surface area contributed by atoms with Gasteiger partial charge < -0.3 is 10.2 Å². The molecule has 0 atom stereocenters. The van der Waals surface area contributed by atoms with Crippen molar-refractivity contribution in [2.75, 3.05) is 33.7 Å². The topological polar surface area (TPSA) is 15.3 Å². The van der Waals surface area contributed by atoms with Gasteiger partial charge in [-0.3, -0.25) is 0 Å². The molecule has 0 fully saturated rings. The summed E-state index contributed by atoms with van der Waals surface area (Å²) in [5.74, 6) is 0. The molecule has 0 aliphatic rings. The van der Waals surface area contributed by atoms with Crippen molar-refractivity contribution in [1.29, 1.82) is 0 Å². The molecule has 1 N–H and O–H groups in total. The first-order chi connectivity index (χ1) is 5.66. The molecule has 0 saturated heterocycles. The van der Waals surface area contributed by atoms with Crippen LogP contribution in [0.25, 0.3) is 0 Å². The molecule has 0 amide bonds. The number of nitrogens with zero attached hydrogens (tertiary/aromatic N) is 1. The monoisotopic (exact) mass is 170 g/mol. The molecule has 0 aromatic heterocycles. The van der Waals surface area contributed by atoms with E-state index in [9.17, 15) is 0 Å². The summed E-state index contributed by atoms with van der Waals surface area (Å²) in [5.41, 5.74) is 1.29. The van der Waals surface area contributed by atoms with Crippen molar-refractivity contribution in [2.45, 2.75) is 19.8 Å². The van der Waals surface area contributed by atoms with Crippen LogP contribution in [0.5, 0.6) is 0 Å². The summed E-state index contributed by atoms with van der Waals surface area (Å²) < 4.78 is 0. The minimum atomic E-state index is 0.976. The van der Waals surface area contributed by atoms with Crippen LogP contribution < -0.4 is 5.32 Å². The SMILES string of the molecule is C=C(CC)CNCCCN(C)C. The van der Waals surface area contributed by atoms with Gasteiger partial charge in [0.05, 0.1) is 0 Å². The van der Waals surface area contributed by atoms with Gasteiger partial charge in [0.25, 0.3) is 0 Å². The molecule has 0 unspecified atom stereocenters. The highest BCUT2D eigenvalue weighted by Crippen LogP contribution is 1.92. The van der Waals surface area contributed by atoms with Crippen LogP contribution in [0.3, 0.4) is 0 Å². The molecule has 72 valence electrons. The zero-order valence-electron chi connectivity index (χ0n) is 8.69. The Morgan fingerprint density at radius 2 is 2.08 bits per heavy atom. The highest BCUT2D eigenvalue weighted by molar-refractivity contribution is 4.94. The van der Waals surface area contributed by atoms with E-state index in [4.69, 9.17) is 0 Å². The summed E-state index contributed by atoms with van der Waals surface area (Å²) in [6.07, 6.45) is 2.30. The molecular weight excluding hydrogens is 148 g/mol. The van der Waals surface area contributed by atoms with Crippen molar-refractivity contribution in [2.24, 2.45) is 0 Å². The van der Waals surface area contributed by atoms with E-state index in [1.807, 2.05) is 0 Å². The number of hydrogen-bond acceptors (Lipinski definition) is 2. The Morgan fingerprint density at radius 3 is 2.58 bits per heavy atom. The Hall–Kier alpha value is -0.340. The standard InChI is InChI=1S/C10H22N2/c1-5-10(2)9-11-7-6-8-12(3)4/h11H,2,5-9H2,1,3-4H3. The molecule has 12 heavy (non-hydrogen) atoms. The van der Waals surface area contributed by atoms with Crippen molar-refractivity contribution >= 4 is 0 Å². The van der Waals surface area contributed by atoms with Crippen LogP contribution in [0.1, 0.15) is 19.8 Å². The molecule has 2 nitrogen and oxygen atoms in total. The first-order valence-corrected chi connectivity index (χ1v) is 4.69. The van der Waals surface area contributed by atoms with E-state index in [1.165, 1.54) is 12.0 Å². The van der Waals surface area contributed by atoms with E-state index in [0.29, 0.717) is 0 Å². The van der Waals surface area contributed by atoms with Crippen molar-refractivity contribution in [1.82, 2.24) is 10.2 Å². The molecule has 0 spiro atoms. The van der Waals surface area contributed by atoms with E-state index >= 15 is 0 Å². The van der Waals surface area contributed by atoms with Crippen LogP contribution in [0.2, 0.25) is 0 Å². The van der Waals surface area contributed by atoms with Crippen molar-refractivity contribution in [3.8, 4) is 0 Å². The molecule has 0 aliphatic carbocycles. The molecule has 0 radical (unpaired) electrons. The average molecular weight is 170 g/mol. The summed E-state index contributed by atoms with van der Waals surface area (Å²) in [6, 6.07) is 0. The van der Waals surface area contributed by atoms with E-state index < -0.39 is 0 Å². The first-order valence-electron chi connectivity index (χ1n) is 4.69. The first kappa shape index (κ1) is 11.7. The molecule has 2 heteroatoms. The fourth-order valence-corrected chi connectivity index (χ4v) is 0.910. The average Bonchev–Trinajstić information content (AvgIpc) is 2.03. The molecular formula is C10H22N2.